The van der Waals surface area contributed by atoms with Gasteiger partial charge in [0.05, 0.1) is 7.11 Å². The van der Waals surface area contributed by atoms with Crippen LogP contribution < -0.4 is 5.32 Å². The molecule has 0 saturated heterocycles. The van der Waals surface area contributed by atoms with E-state index in [1.807, 2.05) is 13.8 Å². The Hall–Kier alpha value is -2.51. The topological polar surface area (TPSA) is 98.5 Å². The molecule has 0 atom stereocenters. The Morgan fingerprint density at radius 2 is 2.09 bits per heavy atom. The summed E-state index contributed by atoms with van der Waals surface area (Å²) in [6.45, 7) is 4.32. The van der Waals surface area contributed by atoms with E-state index < -0.39 is 0 Å². The van der Waals surface area contributed by atoms with E-state index in [1.165, 1.54) is 13.4 Å². The van der Waals surface area contributed by atoms with Gasteiger partial charge < -0.3 is 10.1 Å². The minimum absolute atomic E-state index is 0.0487. The smallest absolute Gasteiger partial charge is 0.305 e. The predicted octanol–water partition coefficient (Wildman–Crippen LogP) is 0.743. The molecule has 0 unspecified atom stereocenters. The van der Waals surface area contributed by atoms with Crippen LogP contribution in [0, 0.1) is 13.8 Å². The second-order valence-electron chi connectivity index (χ2n) is 5.26. The van der Waals surface area contributed by atoms with Gasteiger partial charge in [-0.25, -0.2) is 9.50 Å². The molecule has 2 aromatic rings. The number of fused-ring (bicyclic) bond motifs is 1. The summed E-state index contributed by atoms with van der Waals surface area (Å²) in [6.07, 6.45) is 3.29. The number of hydrogen-bond acceptors (Lipinski definition) is 6. The molecule has 0 aromatic carbocycles. The summed E-state index contributed by atoms with van der Waals surface area (Å²) in [5.74, 6) is 0.251. The summed E-state index contributed by atoms with van der Waals surface area (Å²) in [4.78, 5) is 31.3. The molecule has 1 amide bonds. The zero-order chi connectivity index (χ0) is 16.8. The lowest BCUT2D eigenvalue weighted by molar-refractivity contribution is -0.140. The highest BCUT2D eigenvalue weighted by Crippen LogP contribution is 2.14. The minimum Gasteiger partial charge on any atom is -0.469 e. The van der Waals surface area contributed by atoms with Gasteiger partial charge in [-0.15, -0.1) is 0 Å². The fourth-order valence-electron chi connectivity index (χ4n) is 2.41. The zero-order valence-electron chi connectivity index (χ0n) is 13.6. The maximum absolute atomic E-state index is 11.9. The van der Waals surface area contributed by atoms with Crippen LogP contribution in [0.5, 0.6) is 0 Å². The van der Waals surface area contributed by atoms with Crippen molar-refractivity contribution < 1.29 is 14.3 Å². The number of methoxy groups -OCH3 is 1. The van der Waals surface area contributed by atoms with E-state index in [9.17, 15) is 9.59 Å². The Bertz CT molecular complexity index is 710. The fraction of sp³-hybridized carbons (Fsp3) is 0.533. The van der Waals surface area contributed by atoms with E-state index >= 15 is 0 Å². The average Bonchev–Trinajstić information content (AvgIpc) is 2.99. The van der Waals surface area contributed by atoms with Crippen LogP contribution in [-0.2, 0) is 20.7 Å². The van der Waals surface area contributed by atoms with Crippen LogP contribution in [0.4, 0.5) is 0 Å². The fourth-order valence-corrected chi connectivity index (χ4v) is 2.41. The molecule has 2 aromatic heterocycles. The van der Waals surface area contributed by atoms with Crippen molar-refractivity contribution in [2.75, 3.05) is 13.7 Å². The largest absolute Gasteiger partial charge is 0.469 e. The van der Waals surface area contributed by atoms with E-state index in [0.29, 0.717) is 38.0 Å². The molecule has 0 aliphatic heterocycles. The first-order valence-corrected chi connectivity index (χ1v) is 7.52. The highest BCUT2D eigenvalue weighted by Gasteiger charge is 2.12. The summed E-state index contributed by atoms with van der Waals surface area (Å²) in [5, 5.41) is 6.93. The van der Waals surface area contributed by atoms with Gasteiger partial charge in [0.25, 0.3) is 5.78 Å². The summed E-state index contributed by atoms with van der Waals surface area (Å²) < 4.78 is 6.22. The van der Waals surface area contributed by atoms with Crippen LogP contribution in [0.2, 0.25) is 0 Å². The number of aromatic nitrogens is 4. The number of hydrogen-bond donors (Lipinski definition) is 1. The molecule has 124 valence electrons. The lowest BCUT2D eigenvalue weighted by Crippen LogP contribution is -2.25. The highest BCUT2D eigenvalue weighted by atomic mass is 16.5. The molecule has 0 spiro atoms. The van der Waals surface area contributed by atoms with Crippen LogP contribution in [0.3, 0.4) is 0 Å². The summed E-state index contributed by atoms with van der Waals surface area (Å²) in [7, 11) is 1.35. The number of rotatable bonds is 7. The molecule has 2 rings (SSSR count). The third-order valence-corrected chi connectivity index (χ3v) is 3.70. The Morgan fingerprint density at radius 1 is 1.30 bits per heavy atom. The van der Waals surface area contributed by atoms with Crippen LogP contribution in [0.15, 0.2) is 6.33 Å². The van der Waals surface area contributed by atoms with Crippen LogP contribution in [0.1, 0.15) is 36.2 Å². The standard InChI is InChI=1S/C15H21N5O3/c1-10-12(11(2)20-15(19-10)17-9-18-20)6-7-13(21)16-8-4-5-14(22)23-3/h9H,4-8H2,1-3H3,(H,16,21). The molecule has 0 saturated carbocycles. The van der Waals surface area contributed by atoms with Gasteiger partial charge in [-0.1, -0.05) is 0 Å². The Kier molecular flexibility index (Phi) is 5.61. The SMILES string of the molecule is COC(=O)CCCNC(=O)CCc1c(C)nc2ncnn2c1C. The molecule has 23 heavy (non-hydrogen) atoms. The second-order valence-corrected chi connectivity index (χ2v) is 5.26. The Labute approximate surface area is 134 Å². The van der Waals surface area contributed by atoms with Crippen LogP contribution in [-0.4, -0.2) is 45.1 Å². The van der Waals surface area contributed by atoms with E-state index in [4.69, 9.17) is 0 Å². The Morgan fingerprint density at radius 3 is 2.83 bits per heavy atom. The van der Waals surface area contributed by atoms with E-state index in [-0.39, 0.29) is 11.9 Å². The molecular formula is C15H21N5O3. The van der Waals surface area contributed by atoms with E-state index in [2.05, 4.69) is 25.1 Å². The number of carbonyl (C=O) groups is 2. The van der Waals surface area contributed by atoms with Crippen molar-refractivity contribution in [3.8, 4) is 0 Å². The van der Waals surface area contributed by atoms with Gasteiger partial charge >= 0.3 is 5.97 Å². The summed E-state index contributed by atoms with van der Waals surface area (Å²) in [5.41, 5.74) is 2.82. The lowest BCUT2D eigenvalue weighted by atomic mass is 10.1. The molecule has 1 N–H and O–H groups in total. The number of nitrogens with one attached hydrogen (secondary N) is 1. The van der Waals surface area contributed by atoms with Crippen LogP contribution >= 0.6 is 0 Å². The zero-order valence-corrected chi connectivity index (χ0v) is 13.6. The van der Waals surface area contributed by atoms with Gasteiger partial charge in [-0.2, -0.15) is 10.1 Å². The van der Waals surface area contributed by atoms with E-state index in [1.54, 1.807) is 4.52 Å². The monoisotopic (exact) mass is 319 g/mol. The number of esters is 1. The third-order valence-electron chi connectivity index (χ3n) is 3.70. The number of amides is 1. The van der Waals surface area contributed by atoms with Gasteiger partial charge in [0.2, 0.25) is 5.91 Å². The molecule has 8 heteroatoms. The highest BCUT2D eigenvalue weighted by molar-refractivity contribution is 5.76. The van der Waals surface area contributed by atoms with Crippen molar-refractivity contribution in [3.05, 3.63) is 23.3 Å². The molecule has 0 bridgehead atoms. The first-order valence-electron chi connectivity index (χ1n) is 7.52. The van der Waals surface area contributed by atoms with Gasteiger partial charge in [0.15, 0.2) is 0 Å². The van der Waals surface area contributed by atoms with Crippen molar-refractivity contribution >= 4 is 17.7 Å². The van der Waals surface area contributed by atoms with Crippen LogP contribution in [0.25, 0.3) is 5.78 Å². The van der Waals surface area contributed by atoms with Crippen molar-refractivity contribution in [1.82, 2.24) is 24.9 Å². The summed E-state index contributed by atoms with van der Waals surface area (Å²) in [6, 6.07) is 0. The number of aryl methyl sites for hydroxylation is 2. The molecule has 0 radical (unpaired) electrons. The van der Waals surface area contributed by atoms with E-state index in [0.717, 1.165) is 17.0 Å². The van der Waals surface area contributed by atoms with Crippen molar-refractivity contribution in [1.29, 1.82) is 0 Å². The number of carbonyl (C=O) groups excluding carboxylic acids is 2. The summed E-state index contributed by atoms with van der Waals surface area (Å²) >= 11 is 0. The van der Waals surface area contributed by atoms with Gasteiger partial charge in [0.1, 0.15) is 6.33 Å². The van der Waals surface area contributed by atoms with Crippen molar-refractivity contribution in [2.24, 2.45) is 0 Å². The average molecular weight is 319 g/mol. The van der Waals surface area contributed by atoms with Gasteiger partial charge in [-0.05, 0) is 32.3 Å². The molecule has 2 heterocycles. The number of nitrogens with zero attached hydrogens (tertiary/aromatic N) is 4. The maximum atomic E-state index is 11.9. The second kappa shape index (κ2) is 7.66. The predicted molar refractivity (Wildman–Crippen MR) is 82.8 cm³/mol. The minimum atomic E-state index is -0.266. The van der Waals surface area contributed by atoms with Crippen molar-refractivity contribution in [2.45, 2.75) is 39.5 Å². The first kappa shape index (κ1) is 16.9. The quantitative estimate of drug-likeness (QED) is 0.597. The molecule has 0 aliphatic rings. The normalized spacial score (nSPS) is 10.7. The third kappa shape index (κ3) is 4.24. The maximum Gasteiger partial charge on any atom is 0.305 e. The van der Waals surface area contributed by atoms with Gasteiger partial charge in [0, 0.05) is 30.8 Å². The lowest BCUT2D eigenvalue weighted by Gasteiger charge is -2.10. The molecular weight excluding hydrogens is 298 g/mol. The van der Waals surface area contributed by atoms with Crippen molar-refractivity contribution in [3.63, 3.8) is 0 Å². The Balaban J connectivity index is 1.86. The number of ether oxygens (including phenoxy) is 1. The first-order chi connectivity index (χ1) is 11.0. The molecule has 0 aliphatic carbocycles. The van der Waals surface area contributed by atoms with Gasteiger partial charge in [-0.3, -0.25) is 9.59 Å². The molecule has 0 fully saturated rings. The molecule has 8 nitrogen and oxygen atoms in total.